The third-order valence-electron chi connectivity index (χ3n) is 5.73. The van der Waals surface area contributed by atoms with Gasteiger partial charge >= 0.3 is 6.09 Å². The van der Waals surface area contributed by atoms with E-state index in [9.17, 15) is 9.59 Å². The standard InChI is InChI=1S/C25H30N4O3/c1-17-15-28(12-13-29(17)24(31)32-25(2,3)4)23(30)19-8-6-18(7-9-19)20-10-11-22-21(14-20)26-16-27(22)5/h6-11,14,16-17H,12-13,15H2,1-5H3/t17-/m1/s1. The van der Waals surface area contributed by atoms with Crippen LogP contribution in [0.3, 0.4) is 0 Å². The Kier molecular flexibility index (Phi) is 5.67. The van der Waals surface area contributed by atoms with Crippen LogP contribution in [0.25, 0.3) is 22.2 Å². The summed E-state index contributed by atoms with van der Waals surface area (Å²) in [5, 5.41) is 0. The average molecular weight is 435 g/mol. The van der Waals surface area contributed by atoms with Crippen LogP contribution in [0.2, 0.25) is 0 Å². The molecule has 7 heteroatoms. The van der Waals surface area contributed by atoms with Gasteiger partial charge in [-0.05, 0) is 63.1 Å². The van der Waals surface area contributed by atoms with Crippen molar-refractivity contribution >= 4 is 23.0 Å². The fourth-order valence-electron chi connectivity index (χ4n) is 4.04. The van der Waals surface area contributed by atoms with Crippen LogP contribution in [-0.4, -0.2) is 62.6 Å². The largest absolute Gasteiger partial charge is 0.444 e. The topological polar surface area (TPSA) is 67.7 Å². The molecule has 1 saturated heterocycles. The lowest BCUT2D eigenvalue weighted by Crippen LogP contribution is -2.56. The van der Waals surface area contributed by atoms with Crippen molar-refractivity contribution < 1.29 is 14.3 Å². The summed E-state index contributed by atoms with van der Waals surface area (Å²) in [4.78, 5) is 33.4. The number of carbonyl (C=O) groups excluding carboxylic acids is 2. The number of ether oxygens (including phenoxy) is 1. The lowest BCUT2D eigenvalue weighted by molar-refractivity contribution is 0.00198. The molecule has 1 atom stereocenters. The number of carbonyl (C=O) groups is 2. The second kappa shape index (κ2) is 8.30. The molecule has 0 spiro atoms. The van der Waals surface area contributed by atoms with E-state index < -0.39 is 5.60 Å². The SMILES string of the molecule is C[C@@H]1CN(C(=O)c2ccc(-c3ccc4c(c3)ncn4C)cc2)CCN1C(=O)OC(C)(C)C. The number of rotatable bonds is 2. The van der Waals surface area contributed by atoms with Crippen molar-refractivity contribution in [3.63, 3.8) is 0 Å². The molecular weight excluding hydrogens is 404 g/mol. The van der Waals surface area contributed by atoms with E-state index in [0.29, 0.717) is 25.2 Å². The molecule has 4 rings (SSSR count). The molecule has 168 valence electrons. The lowest BCUT2D eigenvalue weighted by atomic mass is 10.0. The average Bonchev–Trinajstić information content (AvgIpc) is 3.12. The number of hydrogen-bond donors (Lipinski definition) is 0. The fourth-order valence-corrected chi connectivity index (χ4v) is 4.04. The van der Waals surface area contributed by atoms with Crippen molar-refractivity contribution in [2.45, 2.75) is 39.3 Å². The molecular formula is C25H30N4O3. The molecule has 0 bridgehead atoms. The summed E-state index contributed by atoms with van der Waals surface area (Å²) in [6.45, 7) is 8.94. The summed E-state index contributed by atoms with van der Waals surface area (Å²) in [7, 11) is 1.98. The maximum absolute atomic E-state index is 13.1. The molecule has 1 fully saturated rings. The number of imidazole rings is 1. The van der Waals surface area contributed by atoms with Crippen LogP contribution < -0.4 is 0 Å². The first kappa shape index (κ1) is 21.9. The summed E-state index contributed by atoms with van der Waals surface area (Å²) in [5.41, 5.74) is 4.24. The number of nitrogens with zero attached hydrogens (tertiary/aromatic N) is 4. The summed E-state index contributed by atoms with van der Waals surface area (Å²) >= 11 is 0. The monoisotopic (exact) mass is 434 g/mol. The Bertz CT molecular complexity index is 1140. The Morgan fingerprint density at radius 1 is 1.03 bits per heavy atom. The first-order chi connectivity index (χ1) is 15.1. The molecule has 0 saturated carbocycles. The molecule has 2 aromatic carbocycles. The molecule has 1 aliphatic rings. The van der Waals surface area contributed by atoms with E-state index >= 15 is 0 Å². The highest BCUT2D eigenvalue weighted by Gasteiger charge is 2.32. The Balaban J connectivity index is 1.43. The van der Waals surface area contributed by atoms with Gasteiger partial charge in [-0.2, -0.15) is 0 Å². The molecule has 0 unspecified atom stereocenters. The summed E-state index contributed by atoms with van der Waals surface area (Å²) in [6, 6.07) is 13.8. The first-order valence-corrected chi connectivity index (χ1v) is 10.9. The quantitative estimate of drug-likeness (QED) is 0.602. The predicted octanol–water partition coefficient (Wildman–Crippen LogP) is 4.32. The minimum absolute atomic E-state index is 0.0209. The highest BCUT2D eigenvalue weighted by molar-refractivity contribution is 5.95. The normalized spacial score (nSPS) is 17.0. The minimum atomic E-state index is -0.535. The van der Waals surface area contributed by atoms with Gasteiger partial charge in [0, 0.05) is 38.3 Å². The van der Waals surface area contributed by atoms with Gasteiger partial charge in [0.2, 0.25) is 0 Å². The van der Waals surface area contributed by atoms with Crippen molar-refractivity contribution in [3.8, 4) is 11.1 Å². The molecule has 0 radical (unpaired) electrons. The van der Waals surface area contributed by atoms with Crippen molar-refractivity contribution in [2.75, 3.05) is 19.6 Å². The maximum atomic E-state index is 13.1. The van der Waals surface area contributed by atoms with Crippen molar-refractivity contribution in [2.24, 2.45) is 7.05 Å². The van der Waals surface area contributed by atoms with Gasteiger partial charge in [-0.25, -0.2) is 9.78 Å². The van der Waals surface area contributed by atoms with Gasteiger partial charge in [-0.15, -0.1) is 0 Å². The van der Waals surface area contributed by atoms with Crippen LogP contribution >= 0.6 is 0 Å². The highest BCUT2D eigenvalue weighted by Crippen LogP contribution is 2.25. The van der Waals surface area contributed by atoms with E-state index in [4.69, 9.17) is 4.74 Å². The molecule has 0 aliphatic carbocycles. The van der Waals surface area contributed by atoms with E-state index in [1.165, 1.54) is 0 Å². The van der Waals surface area contributed by atoms with E-state index in [1.807, 2.05) is 63.6 Å². The summed E-state index contributed by atoms with van der Waals surface area (Å²) in [6.07, 6.45) is 1.48. The Morgan fingerprint density at radius 3 is 2.38 bits per heavy atom. The summed E-state index contributed by atoms with van der Waals surface area (Å²) < 4.78 is 7.48. The summed E-state index contributed by atoms with van der Waals surface area (Å²) in [5.74, 6) is -0.0209. The highest BCUT2D eigenvalue weighted by atomic mass is 16.6. The Hall–Kier alpha value is -3.35. The van der Waals surface area contributed by atoms with Gasteiger partial charge in [0.15, 0.2) is 0 Å². The zero-order valence-corrected chi connectivity index (χ0v) is 19.3. The van der Waals surface area contributed by atoms with Gasteiger partial charge in [0.25, 0.3) is 5.91 Å². The van der Waals surface area contributed by atoms with Crippen molar-refractivity contribution in [3.05, 3.63) is 54.4 Å². The van der Waals surface area contributed by atoms with Crippen molar-refractivity contribution in [1.29, 1.82) is 0 Å². The Labute approximate surface area is 188 Å². The van der Waals surface area contributed by atoms with Gasteiger partial charge < -0.3 is 19.1 Å². The van der Waals surface area contributed by atoms with Crippen LogP contribution in [0.15, 0.2) is 48.8 Å². The van der Waals surface area contributed by atoms with Crippen molar-refractivity contribution in [1.82, 2.24) is 19.4 Å². The number of piperazine rings is 1. The molecule has 2 heterocycles. The van der Waals surface area contributed by atoms with Gasteiger partial charge in [-0.1, -0.05) is 18.2 Å². The molecule has 1 aromatic heterocycles. The number of aromatic nitrogens is 2. The number of amides is 2. The Morgan fingerprint density at radius 2 is 1.72 bits per heavy atom. The second-order valence-electron chi connectivity index (χ2n) is 9.41. The number of aryl methyl sites for hydroxylation is 1. The molecule has 0 N–H and O–H groups in total. The van der Waals surface area contributed by atoms with Crippen LogP contribution in [-0.2, 0) is 11.8 Å². The van der Waals surface area contributed by atoms with E-state index in [1.54, 1.807) is 16.1 Å². The minimum Gasteiger partial charge on any atom is -0.444 e. The molecule has 2 amide bonds. The molecule has 32 heavy (non-hydrogen) atoms. The van der Waals surface area contributed by atoms with Gasteiger partial charge in [-0.3, -0.25) is 4.79 Å². The van der Waals surface area contributed by atoms with Crippen LogP contribution in [0.5, 0.6) is 0 Å². The van der Waals surface area contributed by atoms with Crippen LogP contribution in [0, 0.1) is 0 Å². The van der Waals surface area contributed by atoms with Gasteiger partial charge in [0.05, 0.1) is 17.4 Å². The molecule has 7 nitrogen and oxygen atoms in total. The van der Waals surface area contributed by atoms with Crippen LogP contribution in [0.1, 0.15) is 38.1 Å². The fraction of sp³-hybridized carbons (Fsp3) is 0.400. The zero-order valence-electron chi connectivity index (χ0n) is 19.3. The third-order valence-corrected chi connectivity index (χ3v) is 5.73. The number of hydrogen-bond acceptors (Lipinski definition) is 4. The third kappa shape index (κ3) is 4.47. The molecule has 3 aromatic rings. The number of fused-ring (bicyclic) bond motifs is 1. The van der Waals surface area contributed by atoms with Gasteiger partial charge in [0.1, 0.15) is 5.60 Å². The van der Waals surface area contributed by atoms with E-state index in [-0.39, 0.29) is 18.0 Å². The lowest BCUT2D eigenvalue weighted by Gasteiger charge is -2.40. The number of benzene rings is 2. The maximum Gasteiger partial charge on any atom is 0.410 e. The van der Waals surface area contributed by atoms with E-state index in [0.717, 1.165) is 22.2 Å². The predicted molar refractivity (Wildman–Crippen MR) is 124 cm³/mol. The zero-order chi connectivity index (χ0) is 23.0. The first-order valence-electron chi connectivity index (χ1n) is 10.9. The van der Waals surface area contributed by atoms with E-state index in [2.05, 4.69) is 23.2 Å². The smallest absolute Gasteiger partial charge is 0.410 e. The molecule has 1 aliphatic heterocycles. The second-order valence-corrected chi connectivity index (χ2v) is 9.41. The van der Waals surface area contributed by atoms with Crippen LogP contribution in [0.4, 0.5) is 4.79 Å².